The van der Waals surface area contributed by atoms with E-state index in [4.69, 9.17) is 4.74 Å². The number of nitrogens with zero attached hydrogens (tertiary/aromatic N) is 3. The lowest BCUT2D eigenvalue weighted by Gasteiger charge is -2.36. The van der Waals surface area contributed by atoms with Crippen molar-refractivity contribution in [2.45, 2.75) is 13.3 Å². The maximum atomic E-state index is 12.6. The van der Waals surface area contributed by atoms with Gasteiger partial charge in [-0.1, -0.05) is 30.3 Å². The lowest BCUT2D eigenvalue weighted by Crippen LogP contribution is -2.52. The summed E-state index contributed by atoms with van der Waals surface area (Å²) in [6.07, 6.45) is 0.840. The number of benzene rings is 2. The van der Waals surface area contributed by atoms with Gasteiger partial charge in [0, 0.05) is 45.5 Å². The second-order valence-electron chi connectivity index (χ2n) is 7.61. The van der Waals surface area contributed by atoms with Crippen molar-refractivity contribution in [1.29, 1.82) is 0 Å². The number of anilines is 1. The molecule has 1 aliphatic rings. The molecule has 32 heavy (non-hydrogen) atoms. The Hall–Kier alpha value is -2.49. The molecule has 0 aromatic heterocycles. The third kappa shape index (κ3) is 7.29. The number of hydrogen-bond acceptors (Lipinski definition) is 4. The van der Waals surface area contributed by atoms with Crippen LogP contribution < -0.4 is 20.3 Å². The van der Waals surface area contributed by atoms with Gasteiger partial charge in [0.25, 0.3) is 0 Å². The fraction of sp³-hybridized carbons (Fsp3) is 0.417. The molecule has 0 spiro atoms. The molecule has 0 aliphatic carbocycles. The van der Waals surface area contributed by atoms with E-state index in [0.29, 0.717) is 5.96 Å². The number of para-hydroxylation sites is 1. The molecule has 174 valence electrons. The highest BCUT2D eigenvalue weighted by molar-refractivity contribution is 14.0. The van der Waals surface area contributed by atoms with E-state index in [-0.39, 0.29) is 36.4 Å². The van der Waals surface area contributed by atoms with Crippen LogP contribution >= 0.6 is 24.0 Å². The van der Waals surface area contributed by atoms with Crippen LogP contribution in [0.3, 0.4) is 0 Å². The summed E-state index contributed by atoms with van der Waals surface area (Å²) in [6, 6.07) is 16.6. The molecule has 0 atom stereocenters. The zero-order valence-corrected chi connectivity index (χ0v) is 21.5. The van der Waals surface area contributed by atoms with Crippen molar-refractivity contribution in [2.24, 2.45) is 4.99 Å². The van der Waals surface area contributed by atoms with E-state index in [1.54, 1.807) is 14.2 Å². The van der Waals surface area contributed by atoms with Crippen LogP contribution in [0.25, 0.3) is 0 Å². The molecule has 1 amide bonds. The molecule has 0 saturated carbocycles. The maximum Gasteiger partial charge on any atom is 0.242 e. The Morgan fingerprint density at radius 2 is 1.78 bits per heavy atom. The van der Waals surface area contributed by atoms with Crippen molar-refractivity contribution < 1.29 is 9.53 Å². The second kappa shape index (κ2) is 13.1. The minimum absolute atomic E-state index is 0. The van der Waals surface area contributed by atoms with Gasteiger partial charge in [-0.2, -0.15) is 0 Å². The monoisotopic (exact) mass is 551 g/mol. The number of ether oxygens (including phenoxy) is 1. The average Bonchev–Trinajstić information content (AvgIpc) is 2.82. The van der Waals surface area contributed by atoms with Gasteiger partial charge in [-0.25, -0.2) is 0 Å². The molecular formula is C24H34IN5O2. The number of rotatable bonds is 7. The van der Waals surface area contributed by atoms with Crippen LogP contribution in [0.5, 0.6) is 5.75 Å². The van der Waals surface area contributed by atoms with Crippen LogP contribution in [0.4, 0.5) is 5.69 Å². The van der Waals surface area contributed by atoms with Crippen LogP contribution in [0.2, 0.25) is 0 Å². The molecule has 2 aromatic carbocycles. The number of piperazine rings is 1. The smallest absolute Gasteiger partial charge is 0.242 e. The minimum atomic E-state index is 0. The molecule has 8 heteroatoms. The molecule has 2 aromatic rings. The Labute approximate surface area is 208 Å². The van der Waals surface area contributed by atoms with Crippen molar-refractivity contribution in [3.63, 3.8) is 0 Å². The van der Waals surface area contributed by atoms with Crippen LogP contribution in [0.1, 0.15) is 11.1 Å². The number of carbonyl (C=O) groups excluding carboxylic acids is 1. The summed E-state index contributed by atoms with van der Waals surface area (Å²) in [5.74, 6) is 1.63. The van der Waals surface area contributed by atoms with Crippen molar-refractivity contribution in [3.8, 4) is 5.75 Å². The number of amides is 1. The van der Waals surface area contributed by atoms with Gasteiger partial charge in [0.15, 0.2) is 5.96 Å². The summed E-state index contributed by atoms with van der Waals surface area (Å²) in [5, 5.41) is 6.41. The van der Waals surface area contributed by atoms with E-state index in [9.17, 15) is 4.79 Å². The third-order valence-electron chi connectivity index (χ3n) is 5.56. The van der Waals surface area contributed by atoms with E-state index in [1.165, 1.54) is 11.3 Å². The summed E-state index contributed by atoms with van der Waals surface area (Å²) in [6.45, 7) is 6.16. The topological polar surface area (TPSA) is 69.2 Å². The van der Waals surface area contributed by atoms with Crippen molar-refractivity contribution >= 4 is 41.5 Å². The molecular weight excluding hydrogens is 517 g/mol. The number of guanidine groups is 1. The molecule has 0 bridgehead atoms. The van der Waals surface area contributed by atoms with Crippen LogP contribution in [0, 0.1) is 6.92 Å². The van der Waals surface area contributed by atoms with Gasteiger partial charge in [-0.15, -0.1) is 24.0 Å². The number of carbonyl (C=O) groups is 1. The van der Waals surface area contributed by atoms with E-state index in [1.807, 2.05) is 30.0 Å². The van der Waals surface area contributed by atoms with Crippen molar-refractivity contribution in [1.82, 2.24) is 15.5 Å². The molecule has 0 radical (unpaired) electrons. The fourth-order valence-electron chi connectivity index (χ4n) is 3.69. The molecule has 1 heterocycles. The van der Waals surface area contributed by atoms with Crippen LogP contribution in [-0.2, 0) is 11.2 Å². The lowest BCUT2D eigenvalue weighted by atomic mass is 10.1. The highest BCUT2D eigenvalue weighted by atomic mass is 127. The van der Waals surface area contributed by atoms with Gasteiger partial charge in [0.2, 0.25) is 5.91 Å². The fourth-order valence-corrected chi connectivity index (χ4v) is 3.69. The molecule has 1 saturated heterocycles. The standard InChI is InChI=1S/C24H33N5O2.HI/c1-19-9-10-20(17-22(19)31-3)11-12-26-24(25-2)27-18-23(30)29-15-13-28(14-16-29)21-7-5-4-6-8-21;/h4-10,17H,11-16,18H2,1-3H3,(H2,25,26,27);1H. The summed E-state index contributed by atoms with van der Waals surface area (Å²) in [7, 11) is 3.40. The van der Waals surface area contributed by atoms with Crippen LogP contribution in [-0.4, -0.2) is 70.2 Å². The first kappa shape index (κ1) is 25.8. The predicted octanol–water partition coefficient (Wildman–Crippen LogP) is 2.68. The summed E-state index contributed by atoms with van der Waals surface area (Å²) < 4.78 is 5.39. The Morgan fingerprint density at radius 1 is 1.06 bits per heavy atom. The minimum Gasteiger partial charge on any atom is -0.496 e. The quantitative estimate of drug-likeness (QED) is 0.315. The van der Waals surface area contributed by atoms with Gasteiger partial charge < -0.3 is 25.2 Å². The van der Waals surface area contributed by atoms with E-state index < -0.39 is 0 Å². The van der Waals surface area contributed by atoms with Gasteiger partial charge in [0.05, 0.1) is 13.7 Å². The molecule has 1 fully saturated rings. The first-order chi connectivity index (χ1) is 15.1. The summed E-state index contributed by atoms with van der Waals surface area (Å²) in [5.41, 5.74) is 3.53. The highest BCUT2D eigenvalue weighted by Crippen LogP contribution is 2.19. The summed E-state index contributed by atoms with van der Waals surface area (Å²) >= 11 is 0. The lowest BCUT2D eigenvalue weighted by molar-refractivity contribution is -0.130. The Bertz CT molecular complexity index is 883. The van der Waals surface area contributed by atoms with E-state index in [2.05, 4.69) is 50.9 Å². The number of aliphatic imine (C=N–C) groups is 1. The predicted molar refractivity (Wildman–Crippen MR) is 141 cm³/mol. The first-order valence-electron chi connectivity index (χ1n) is 10.8. The van der Waals surface area contributed by atoms with Gasteiger partial charge >= 0.3 is 0 Å². The van der Waals surface area contributed by atoms with E-state index in [0.717, 1.165) is 50.5 Å². The largest absolute Gasteiger partial charge is 0.496 e. The molecule has 1 aliphatic heterocycles. The first-order valence-corrected chi connectivity index (χ1v) is 10.8. The Kier molecular flexibility index (Phi) is 10.6. The maximum absolute atomic E-state index is 12.6. The van der Waals surface area contributed by atoms with Crippen molar-refractivity contribution in [2.75, 3.05) is 58.3 Å². The molecule has 0 unspecified atom stereocenters. The SMILES string of the molecule is CN=C(NCCc1ccc(C)c(OC)c1)NCC(=O)N1CCN(c2ccccc2)CC1.I. The Morgan fingerprint density at radius 3 is 2.44 bits per heavy atom. The van der Waals surface area contributed by atoms with Crippen LogP contribution in [0.15, 0.2) is 53.5 Å². The Balaban J connectivity index is 0.00000363. The zero-order chi connectivity index (χ0) is 22.1. The second-order valence-corrected chi connectivity index (χ2v) is 7.61. The number of hydrogen-bond donors (Lipinski definition) is 2. The number of aryl methyl sites for hydroxylation is 1. The normalized spacial score (nSPS) is 13.9. The zero-order valence-electron chi connectivity index (χ0n) is 19.1. The number of halogens is 1. The average molecular weight is 551 g/mol. The molecule has 3 rings (SSSR count). The molecule has 7 nitrogen and oxygen atoms in total. The van der Waals surface area contributed by atoms with Gasteiger partial charge in [0.1, 0.15) is 5.75 Å². The van der Waals surface area contributed by atoms with Gasteiger partial charge in [-0.3, -0.25) is 9.79 Å². The molecule has 2 N–H and O–H groups in total. The summed E-state index contributed by atoms with van der Waals surface area (Å²) in [4.78, 5) is 21.1. The van der Waals surface area contributed by atoms with Crippen molar-refractivity contribution in [3.05, 3.63) is 59.7 Å². The third-order valence-corrected chi connectivity index (χ3v) is 5.56. The van der Waals surface area contributed by atoms with E-state index >= 15 is 0 Å². The number of methoxy groups -OCH3 is 1. The van der Waals surface area contributed by atoms with Gasteiger partial charge in [-0.05, 0) is 42.7 Å². The number of nitrogens with one attached hydrogen (secondary N) is 2. The highest BCUT2D eigenvalue weighted by Gasteiger charge is 2.21.